The summed E-state index contributed by atoms with van der Waals surface area (Å²) in [5.74, 6) is 1.56. The van der Waals surface area contributed by atoms with Crippen LogP contribution in [0, 0.1) is 5.92 Å². The summed E-state index contributed by atoms with van der Waals surface area (Å²) in [6.07, 6.45) is 5.85. The van der Waals surface area contributed by atoms with Crippen molar-refractivity contribution in [1.29, 1.82) is 0 Å². The minimum atomic E-state index is -0.000942. The monoisotopic (exact) mass is 445 g/mol. The molecule has 4 heterocycles. The summed E-state index contributed by atoms with van der Waals surface area (Å²) < 4.78 is 1.74. The van der Waals surface area contributed by atoms with Crippen molar-refractivity contribution in [3.8, 4) is 0 Å². The number of piperazine rings is 1. The topological polar surface area (TPSA) is 70.4 Å². The Labute approximate surface area is 194 Å². The second kappa shape index (κ2) is 10.1. The molecular formula is C25H31N7O. The van der Waals surface area contributed by atoms with Gasteiger partial charge in [0.05, 0.1) is 12.7 Å². The van der Waals surface area contributed by atoms with E-state index < -0.39 is 0 Å². The number of carbonyl (C=O) groups excluding carboxylic acids is 1. The van der Waals surface area contributed by atoms with Crippen molar-refractivity contribution < 1.29 is 4.79 Å². The largest absolute Gasteiger partial charge is 0.354 e. The highest BCUT2D eigenvalue weighted by Crippen LogP contribution is 2.21. The summed E-state index contributed by atoms with van der Waals surface area (Å²) in [7, 11) is 0. The van der Waals surface area contributed by atoms with Crippen LogP contribution in [0.2, 0.25) is 0 Å². The zero-order chi connectivity index (χ0) is 22.5. The summed E-state index contributed by atoms with van der Waals surface area (Å²) in [5.41, 5.74) is 1.58. The predicted molar refractivity (Wildman–Crippen MR) is 127 cm³/mol. The van der Waals surface area contributed by atoms with E-state index in [2.05, 4.69) is 43.3 Å². The van der Waals surface area contributed by atoms with Gasteiger partial charge in [-0.25, -0.2) is 9.67 Å². The zero-order valence-electron chi connectivity index (χ0n) is 19.0. The Balaban J connectivity index is 1.12. The molecule has 1 atom stereocenters. The number of carbonyl (C=O) groups is 1. The van der Waals surface area contributed by atoms with Gasteiger partial charge in [0.1, 0.15) is 5.82 Å². The number of piperidine rings is 1. The van der Waals surface area contributed by atoms with Crippen LogP contribution >= 0.6 is 0 Å². The van der Waals surface area contributed by atoms with E-state index in [0.717, 1.165) is 63.6 Å². The molecule has 1 unspecified atom stereocenters. The molecule has 2 aliphatic heterocycles. The molecule has 2 saturated heterocycles. The molecule has 0 spiro atoms. The summed E-state index contributed by atoms with van der Waals surface area (Å²) in [6, 6.07) is 16.2. The van der Waals surface area contributed by atoms with Crippen LogP contribution in [0.15, 0.2) is 60.9 Å². The zero-order valence-corrected chi connectivity index (χ0v) is 19.0. The maximum Gasteiger partial charge on any atom is 0.276 e. The van der Waals surface area contributed by atoms with Gasteiger partial charge in [0, 0.05) is 52.0 Å². The third-order valence-corrected chi connectivity index (χ3v) is 6.61. The van der Waals surface area contributed by atoms with E-state index in [-0.39, 0.29) is 5.91 Å². The maximum absolute atomic E-state index is 13.1. The number of anilines is 1. The van der Waals surface area contributed by atoms with Gasteiger partial charge in [0.2, 0.25) is 0 Å². The number of aromatic nitrogens is 4. The molecule has 1 aromatic carbocycles. The number of nitrogens with zero attached hydrogens (tertiary/aromatic N) is 7. The molecule has 0 radical (unpaired) electrons. The molecule has 1 amide bonds. The average molecular weight is 446 g/mol. The van der Waals surface area contributed by atoms with E-state index in [1.54, 1.807) is 10.9 Å². The van der Waals surface area contributed by atoms with E-state index in [1.165, 1.54) is 6.42 Å². The molecule has 0 saturated carbocycles. The number of benzene rings is 1. The second-order valence-electron chi connectivity index (χ2n) is 9.02. The summed E-state index contributed by atoms with van der Waals surface area (Å²) in [5, 5.41) is 8.34. The molecule has 0 bridgehead atoms. The molecule has 8 nitrogen and oxygen atoms in total. The molecule has 3 aromatic rings. The SMILES string of the molecule is O=C(c1cn(Cc2ccccc2)nn1)N1CCCC(CN2CCN(c3ccccn3)CC2)C1. The lowest BCUT2D eigenvalue weighted by molar-refractivity contribution is 0.0631. The predicted octanol–water partition coefficient (Wildman–Crippen LogP) is 2.40. The normalized spacial score (nSPS) is 19.6. The Bertz CT molecular complexity index is 1030. The molecule has 8 heteroatoms. The van der Waals surface area contributed by atoms with Crippen LogP contribution in [0.4, 0.5) is 5.82 Å². The number of rotatable bonds is 6. The van der Waals surface area contributed by atoms with Crippen LogP contribution in [0.25, 0.3) is 0 Å². The van der Waals surface area contributed by atoms with E-state index in [4.69, 9.17) is 0 Å². The quantitative estimate of drug-likeness (QED) is 0.580. The number of amides is 1. The first-order chi connectivity index (χ1) is 16.2. The first-order valence-electron chi connectivity index (χ1n) is 11.9. The summed E-state index contributed by atoms with van der Waals surface area (Å²) in [4.78, 5) is 24.4. The average Bonchev–Trinajstić information content (AvgIpc) is 3.34. The third-order valence-electron chi connectivity index (χ3n) is 6.61. The summed E-state index contributed by atoms with van der Waals surface area (Å²) in [6.45, 7) is 7.32. The molecule has 0 aliphatic carbocycles. The van der Waals surface area contributed by atoms with Gasteiger partial charge in [-0.3, -0.25) is 9.69 Å². The van der Waals surface area contributed by atoms with Crippen LogP contribution in [-0.2, 0) is 6.54 Å². The molecule has 0 N–H and O–H groups in total. The van der Waals surface area contributed by atoms with Crippen molar-refractivity contribution in [2.24, 2.45) is 5.92 Å². The van der Waals surface area contributed by atoms with E-state index >= 15 is 0 Å². The lowest BCUT2D eigenvalue weighted by Crippen LogP contribution is -2.50. The summed E-state index contributed by atoms with van der Waals surface area (Å²) >= 11 is 0. The fourth-order valence-corrected chi connectivity index (χ4v) is 4.87. The smallest absolute Gasteiger partial charge is 0.276 e. The van der Waals surface area contributed by atoms with Gasteiger partial charge in [-0.15, -0.1) is 5.10 Å². The standard InChI is InChI=1S/C25H31N7O/c33-25(23-20-32(28-27-23)19-21-7-2-1-3-8-21)31-12-6-9-22(18-31)17-29-13-15-30(16-14-29)24-10-4-5-11-26-24/h1-5,7-8,10-11,20,22H,6,9,12-19H2. The van der Waals surface area contributed by atoms with Gasteiger partial charge in [0.15, 0.2) is 5.69 Å². The molecule has 2 fully saturated rings. The second-order valence-corrected chi connectivity index (χ2v) is 9.02. The molecule has 172 valence electrons. The lowest BCUT2D eigenvalue weighted by atomic mass is 9.97. The highest BCUT2D eigenvalue weighted by molar-refractivity contribution is 5.92. The molecule has 5 rings (SSSR count). The van der Waals surface area contributed by atoms with Gasteiger partial charge < -0.3 is 9.80 Å². The Morgan fingerprint density at radius 3 is 2.58 bits per heavy atom. The van der Waals surface area contributed by atoms with Crippen molar-refractivity contribution in [3.05, 3.63) is 72.2 Å². The Hall–Kier alpha value is -3.26. The van der Waals surface area contributed by atoms with Crippen LogP contribution in [0.5, 0.6) is 0 Å². The van der Waals surface area contributed by atoms with E-state index in [9.17, 15) is 4.79 Å². The number of likely N-dealkylation sites (tertiary alicyclic amines) is 1. The van der Waals surface area contributed by atoms with Crippen molar-refractivity contribution in [2.75, 3.05) is 50.7 Å². The fraction of sp³-hybridized carbons (Fsp3) is 0.440. The van der Waals surface area contributed by atoms with Crippen molar-refractivity contribution in [2.45, 2.75) is 19.4 Å². The third kappa shape index (κ3) is 5.39. The first-order valence-corrected chi connectivity index (χ1v) is 11.9. The number of hydrogen-bond acceptors (Lipinski definition) is 6. The van der Waals surface area contributed by atoms with Gasteiger partial charge in [0.25, 0.3) is 5.91 Å². The highest BCUT2D eigenvalue weighted by Gasteiger charge is 2.28. The van der Waals surface area contributed by atoms with Crippen molar-refractivity contribution >= 4 is 11.7 Å². The Morgan fingerprint density at radius 2 is 1.79 bits per heavy atom. The van der Waals surface area contributed by atoms with Crippen LogP contribution in [0.3, 0.4) is 0 Å². The van der Waals surface area contributed by atoms with Crippen LogP contribution in [0.1, 0.15) is 28.9 Å². The van der Waals surface area contributed by atoms with Gasteiger partial charge in [-0.05, 0) is 36.5 Å². The van der Waals surface area contributed by atoms with Gasteiger partial charge in [-0.2, -0.15) is 0 Å². The highest BCUT2D eigenvalue weighted by atomic mass is 16.2. The fourth-order valence-electron chi connectivity index (χ4n) is 4.87. The lowest BCUT2D eigenvalue weighted by Gasteiger charge is -2.39. The van der Waals surface area contributed by atoms with Gasteiger partial charge >= 0.3 is 0 Å². The maximum atomic E-state index is 13.1. The Kier molecular flexibility index (Phi) is 6.62. The molecule has 2 aromatic heterocycles. The van der Waals surface area contributed by atoms with E-state index in [0.29, 0.717) is 18.2 Å². The number of hydrogen-bond donors (Lipinski definition) is 0. The molecule has 2 aliphatic rings. The number of pyridine rings is 1. The van der Waals surface area contributed by atoms with Crippen molar-refractivity contribution in [1.82, 2.24) is 29.8 Å². The van der Waals surface area contributed by atoms with E-state index in [1.807, 2.05) is 41.4 Å². The minimum absolute atomic E-state index is 0.000942. The van der Waals surface area contributed by atoms with Crippen molar-refractivity contribution in [3.63, 3.8) is 0 Å². The minimum Gasteiger partial charge on any atom is -0.354 e. The molecule has 33 heavy (non-hydrogen) atoms. The van der Waals surface area contributed by atoms with Crippen LogP contribution in [-0.4, -0.2) is 81.5 Å². The van der Waals surface area contributed by atoms with Crippen LogP contribution < -0.4 is 4.90 Å². The Morgan fingerprint density at radius 1 is 0.970 bits per heavy atom. The molecular weight excluding hydrogens is 414 g/mol. The first kappa shape index (κ1) is 21.6. The van der Waals surface area contributed by atoms with Gasteiger partial charge in [-0.1, -0.05) is 41.6 Å².